The van der Waals surface area contributed by atoms with Crippen LogP contribution in [-0.2, 0) is 9.53 Å². The van der Waals surface area contributed by atoms with Gasteiger partial charge in [-0.1, -0.05) is 23.8 Å². The molecule has 23 heavy (non-hydrogen) atoms. The Morgan fingerprint density at radius 1 is 1.09 bits per heavy atom. The van der Waals surface area contributed by atoms with E-state index < -0.39 is 5.97 Å². The van der Waals surface area contributed by atoms with E-state index in [1.807, 2.05) is 44.2 Å². The second kappa shape index (κ2) is 6.08. The molecule has 0 radical (unpaired) electrons. The number of rotatable bonds is 3. The van der Waals surface area contributed by atoms with Gasteiger partial charge in [-0.05, 0) is 55.3 Å². The Kier molecular flexibility index (Phi) is 3.98. The predicted molar refractivity (Wildman–Crippen MR) is 89.5 cm³/mol. The lowest BCUT2D eigenvalue weighted by Gasteiger charge is -2.01. The lowest BCUT2D eigenvalue weighted by molar-refractivity contribution is -0.129. The number of hydrogen-bond donors (Lipinski definition) is 0. The van der Waals surface area contributed by atoms with E-state index in [1.165, 1.54) is 0 Å². The number of cyclic esters (lactones) is 1. The molecule has 2 aromatic rings. The lowest BCUT2D eigenvalue weighted by Crippen LogP contribution is -2.05. The third-order valence-electron chi connectivity index (χ3n) is 3.68. The van der Waals surface area contributed by atoms with E-state index in [0.717, 1.165) is 28.0 Å². The summed E-state index contributed by atoms with van der Waals surface area (Å²) in [6.07, 6.45) is 1.77. The van der Waals surface area contributed by atoms with Gasteiger partial charge >= 0.3 is 5.97 Å². The average Bonchev–Trinajstić information content (AvgIpc) is 2.92. The molecule has 1 heterocycles. The monoisotopic (exact) mass is 307 g/mol. The summed E-state index contributed by atoms with van der Waals surface area (Å²) in [5.41, 5.74) is 4.24. The lowest BCUT2D eigenvalue weighted by atomic mass is 10.0. The molecule has 0 N–H and O–H groups in total. The molecule has 0 aliphatic carbocycles. The summed E-state index contributed by atoms with van der Waals surface area (Å²) in [6, 6.07) is 13.3. The van der Waals surface area contributed by atoms with Crippen molar-refractivity contribution in [3.8, 4) is 5.75 Å². The molecule has 4 heteroatoms. The van der Waals surface area contributed by atoms with Crippen LogP contribution in [-0.4, -0.2) is 19.0 Å². The van der Waals surface area contributed by atoms with Gasteiger partial charge in [-0.15, -0.1) is 0 Å². The number of aryl methyl sites for hydroxylation is 2. The fourth-order valence-corrected chi connectivity index (χ4v) is 2.33. The maximum absolute atomic E-state index is 12.1. The zero-order valence-corrected chi connectivity index (χ0v) is 13.3. The molecule has 4 nitrogen and oxygen atoms in total. The van der Waals surface area contributed by atoms with Gasteiger partial charge in [0.2, 0.25) is 5.90 Å². The van der Waals surface area contributed by atoms with E-state index >= 15 is 0 Å². The van der Waals surface area contributed by atoms with E-state index in [4.69, 9.17) is 9.47 Å². The van der Waals surface area contributed by atoms with Crippen LogP contribution in [0.3, 0.4) is 0 Å². The first-order valence-corrected chi connectivity index (χ1v) is 7.31. The van der Waals surface area contributed by atoms with E-state index in [0.29, 0.717) is 11.6 Å². The van der Waals surface area contributed by atoms with Crippen LogP contribution in [0, 0.1) is 13.8 Å². The minimum absolute atomic E-state index is 0.310. The number of benzene rings is 2. The molecular formula is C19H17NO3. The van der Waals surface area contributed by atoms with Crippen molar-refractivity contribution in [3.63, 3.8) is 0 Å². The molecule has 3 rings (SSSR count). The van der Waals surface area contributed by atoms with Crippen molar-refractivity contribution in [1.29, 1.82) is 0 Å². The van der Waals surface area contributed by atoms with Crippen molar-refractivity contribution >= 4 is 17.9 Å². The first-order valence-electron chi connectivity index (χ1n) is 7.31. The number of aliphatic imine (C=N–C) groups is 1. The van der Waals surface area contributed by atoms with Crippen LogP contribution in [0.25, 0.3) is 6.08 Å². The molecule has 2 aromatic carbocycles. The zero-order chi connectivity index (χ0) is 16.4. The summed E-state index contributed by atoms with van der Waals surface area (Å²) in [6.45, 7) is 4.01. The maximum Gasteiger partial charge on any atom is 0.363 e. The highest BCUT2D eigenvalue weighted by molar-refractivity contribution is 6.12. The van der Waals surface area contributed by atoms with Crippen LogP contribution in [0.15, 0.2) is 53.2 Å². The van der Waals surface area contributed by atoms with Crippen molar-refractivity contribution in [2.24, 2.45) is 4.99 Å². The van der Waals surface area contributed by atoms with E-state index in [1.54, 1.807) is 25.3 Å². The Labute approximate surface area is 135 Å². The molecule has 116 valence electrons. The van der Waals surface area contributed by atoms with Crippen LogP contribution < -0.4 is 4.74 Å². The van der Waals surface area contributed by atoms with Gasteiger partial charge in [-0.3, -0.25) is 0 Å². The Balaban J connectivity index is 1.94. The first kappa shape index (κ1) is 15.0. The molecule has 0 spiro atoms. The van der Waals surface area contributed by atoms with Crippen LogP contribution in [0.5, 0.6) is 5.75 Å². The Bertz CT molecular complexity index is 817. The van der Waals surface area contributed by atoms with E-state index in [9.17, 15) is 4.79 Å². The standard InChI is InChI=1S/C19H17NO3/c1-12-4-5-13(2)15(10-12)11-17-19(21)23-18(20-17)14-6-8-16(22-3)9-7-14/h4-11H,1-3H3. The fraction of sp³-hybridized carbons (Fsp3) is 0.158. The molecule has 0 bridgehead atoms. The highest BCUT2D eigenvalue weighted by Gasteiger charge is 2.24. The van der Waals surface area contributed by atoms with Gasteiger partial charge in [0.1, 0.15) is 5.75 Å². The van der Waals surface area contributed by atoms with Gasteiger partial charge in [-0.2, -0.15) is 0 Å². The van der Waals surface area contributed by atoms with Crippen LogP contribution in [0.1, 0.15) is 22.3 Å². The van der Waals surface area contributed by atoms with Gasteiger partial charge < -0.3 is 9.47 Å². The average molecular weight is 307 g/mol. The van der Waals surface area contributed by atoms with Crippen LogP contribution in [0.2, 0.25) is 0 Å². The molecule has 0 atom stereocenters. The topological polar surface area (TPSA) is 47.9 Å². The summed E-state index contributed by atoms with van der Waals surface area (Å²) in [5, 5.41) is 0. The Morgan fingerprint density at radius 2 is 1.83 bits per heavy atom. The Hall–Kier alpha value is -2.88. The van der Waals surface area contributed by atoms with Gasteiger partial charge in [0.25, 0.3) is 0 Å². The van der Waals surface area contributed by atoms with Gasteiger partial charge in [-0.25, -0.2) is 9.79 Å². The van der Waals surface area contributed by atoms with Crippen LogP contribution >= 0.6 is 0 Å². The smallest absolute Gasteiger partial charge is 0.363 e. The summed E-state index contributed by atoms with van der Waals surface area (Å²) in [7, 11) is 1.60. The van der Waals surface area contributed by atoms with Crippen molar-refractivity contribution in [2.75, 3.05) is 7.11 Å². The van der Waals surface area contributed by atoms with E-state index in [2.05, 4.69) is 4.99 Å². The summed E-state index contributed by atoms with van der Waals surface area (Å²) < 4.78 is 10.4. The summed E-state index contributed by atoms with van der Waals surface area (Å²) in [5.74, 6) is 0.621. The highest BCUT2D eigenvalue weighted by Crippen LogP contribution is 2.22. The number of carbonyl (C=O) groups is 1. The zero-order valence-electron chi connectivity index (χ0n) is 13.3. The fourth-order valence-electron chi connectivity index (χ4n) is 2.33. The minimum Gasteiger partial charge on any atom is -0.497 e. The number of ether oxygens (including phenoxy) is 2. The predicted octanol–water partition coefficient (Wildman–Crippen LogP) is 3.66. The molecule has 0 fully saturated rings. The largest absolute Gasteiger partial charge is 0.497 e. The minimum atomic E-state index is -0.434. The maximum atomic E-state index is 12.1. The van der Waals surface area contributed by atoms with Crippen molar-refractivity contribution < 1.29 is 14.3 Å². The van der Waals surface area contributed by atoms with Crippen molar-refractivity contribution in [3.05, 3.63) is 70.4 Å². The molecule has 1 aliphatic heterocycles. The van der Waals surface area contributed by atoms with E-state index in [-0.39, 0.29) is 0 Å². The van der Waals surface area contributed by atoms with Gasteiger partial charge in [0.15, 0.2) is 5.70 Å². The molecule has 0 aromatic heterocycles. The van der Waals surface area contributed by atoms with Gasteiger partial charge in [0, 0.05) is 5.56 Å². The molecule has 1 aliphatic rings. The third kappa shape index (κ3) is 3.16. The first-order chi connectivity index (χ1) is 11.1. The number of esters is 1. The van der Waals surface area contributed by atoms with Gasteiger partial charge in [0.05, 0.1) is 7.11 Å². The quantitative estimate of drug-likeness (QED) is 0.642. The number of methoxy groups -OCH3 is 1. The van der Waals surface area contributed by atoms with Crippen molar-refractivity contribution in [2.45, 2.75) is 13.8 Å². The second-order valence-corrected chi connectivity index (χ2v) is 5.42. The normalized spacial score (nSPS) is 15.5. The molecular weight excluding hydrogens is 290 g/mol. The second-order valence-electron chi connectivity index (χ2n) is 5.42. The molecule has 0 unspecified atom stereocenters. The Morgan fingerprint density at radius 3 is 2.52 bits per heavy atom. The third-order valence-corrected chi connectivity index (χ3v) is 3.68. The highest BCUT2D eigenvalue weighted by atomic mass is 16.6. The molecule has 0 saturated carbocycles. The number of carbonyl (C=O) groups excluding carboxylic acids is 1. The summed E-state index contributed by atoms with van der Waals surface area (Å²) in [4.78, 5) is 16.4. The number of nitrogens with zero attached hydrogens (tertiary/aromatic N) is 1. The summed E-state index contributed by atoms with van der Waals surface area (Å²) >= 11 is 0. The molecule has 0 amide bonds. The van der Waals surface area contributed by atoms with Crippen molar-refractivity contribution in [1.82, 2.24) is 0 Å². The SMILES string of the molecule is COc1ccc(C2=NC(=Cc3cc(C)ccc3C)C(=O)O2)cc1. The number of hydrogen-bond acceptors (Lipinski definition) is 4. The van der Waals surface area contributed by atoms with Crippen LogP contribution in [0.4, 0.5) is 0 Å². The molecule has 0 saturated heterocycles.